The summed E-state index contributed by atoms with van der Waals surface area (Å²) in [5, 5.41) is 12.3. The van der Waals surface area contributed by atoms with Crippen LogP contribution < -0.4 is 10.1 Å². The van der Waals surface area contributed by atoms with E-state index in [2.05, 4.69) is 5.32 Å². The van der Waals surface area contributed by atoms with Gasteiger partial charge < -0.3 is 15.2 Å². The molecular weight excluding hydrogens is 238 g/mol. The summed E-state index contributed by atoms with van der Waals surface area (Å²) in [6.07, 6.45) is 0. The summed E-state index contributed by atoms with van der Waals surface area (Å²) in [4.78, 5) is 0. The number of anilines is 1. The molecule has 0 saturated carbocycles. The van der Waals surface area contributed by atoms with Gasteiger partial charge in [-0.3, -0.25) is 0 Å². The number of nitrogens with one attached hydrogen (secondary N) is 1. The summed E-state index contributed by atoms with van der Waals surface area (Å²) < 4.78 is 5.76. The lowest BCUT2D eigenvalue weighted by Crippen LogP contribution is -2.14. The molecule has 2 rings (SSSR count). The highest BCUT2D eigenvalue weighted by Crippen LogP contribution is 2.23. The van der Waals surface area contributed by atoms with Gasteiger partial charge in [0.2, 0.25) is 0 Å². The lowest BCUT2D eigenvalue weighted by molar-refractivity contribution is 0.244. The Hall–Kier alpha value is -2.00. The molecule has 0 heterocycles. The van der Waals surface area contributed by atoms with Gasteiger partial charge in [-0.2, -0.15) is 0 Å². The Balaban J connectivity index is 1.99. The lowest BCUT2D eigenvalue weighted by atomic mass is 10.2. The van der Waals surface area contributed by atoms with Gasteiger partial charge in [0.1, 0.15) is 11.5 Å². The van der Waals surface area contributed by atoms with Crippen LogP contribution in [0.1, 0.15) is 6.92 Å². The molecule has 0 fully saturated rings. The predicted molar refractivity (Wildman–Crippen MR) is 77.7 cm³/mol. The van der Waals surface area contributed by atoms with E-state index in [-0.39, 0.29) is 12.5 Å². The van der Waals surface area contributed by atoms with E-state index in [1.54, 1.807) is 0 Å². The maximum absolute atomic E-state index is 9.00. The third-order valence-electron chi connectivity index (χ3n) is 2.78. The quantitative estimate of drug-likeness (QED) is 0.832. The van der Waals surface area contributed by atoms with E-state index >= 15 is 0 Å². The minimum absolute atomic E-state index is 0.188. The van der Waals surface area contributed by atoms with Gasteiger partial charge in [-0.1, -0.05) is 31.2 Å². The van der Waals surface area contributed by atoms with E-state index in [0.29, 0.717) is 0 Å². The van der Waals surface area contributed by atoms with Crippen molar-refractivity contribution in [1.29, 1.82) is 0 Å². The standard InChI is InChI=1S/C16H19NO2/c1-13(12-18)11-17-14-6-5-9-16(10-14)19-15-7-3-2-4-8-15/h2-10,13,17-18H,11-12H2,1H3. The van der Waals surface area contributed by atoms with Crippen LogP contribution >= 0.6 is 0 Å². The molecule has 19 heavy (non-hydrogen) atoms. The lowest BCUT2D eigenvalue weighted by Gasteiger charge is -2.12. The molecule has 0 saturated heterocycles. The predicted octanol–water partition coefficient (Wildman–Crippen LogP) is 3.52. The van der Waals surface area contributed by atoms with E-state index in [1.165, 1.54) is 0 Å². The Morgan fingerprint density at radius 2 is 1.79 bits per heavy atom. The molecule has 100 valence electrons. The number of aliphatic hydroxyl groups excluding tert-OH is 1. The minimum atomic E-state index is 0.188. The van der Waals surface area contributed by atoms with Crippen molar-refractivity contribution >= 4 is 5.69 Å². The second kappa shape index (κ2) is 6.81. The number of rotatable bonds is 6. The third-order valence-corrected chi connectivity index (χ3v) is 2.78. The van der Waals surface area contributed by atoms with Crippen molar-refractivity contribution in [3.8, 4) is 11.5 Å². The Bertz CT molecular complexity index is 499. The zero-order chi connectivity index (χ0) is 13.5. The molecule has 0 radical (unpaired) electrons. The van der Waals surface area contributed by atoms with Crippen LogP contribution in [0.25, 0.3) is 0 Å². The summed E-state index contributed by atoms with van der Waals surface area (Å²) in [6, 6.07) is 17.5. The highest BCUT2D eigenvalue weighted by molar-refractivity contribution is 5.49. The van der Waals surface area contributed by atoms with Gasteiger partial charge in [0, 0.05) is 24.9 Å². The van der Waals surface area contributed by atoms with Crippen LogP contribution in [0.3, 0.4) is 0 Å². The zero-order valence-electron chi connectivity index (χ0n) is 11.0. The molecule has 0 aliphatic rings. The summed E-state index contributed by atoms with van der Waals surface area (Å²) in [5.74, 6) is 1.86. The first-order valence-electron chi connectivity index (χ1n) is 6.45. The van der Waals surface area contributed by atoms with Crippen molar-refractivity contribution in [3.05, 3.63) is 54.6 Å². The van der Waals surface area contributed by atoms with Gasteiger partial charge in [-0.15, -0.1) is 0 Å². The van der Waals surface area contributed by atoms with Crippen molar-refractivity contribution in [2.45, 2.75) is 6.92 Å². The minimum Gasteiger partial charge on any atom is -0.457 e. The fourth-order valence-corrected chi connectivity index (χ4v) is 1.65. The second-order valence-electron chi connectivity index (χ2n) is 4.61. The first kappa shape index (κ1) is 13.4. The smallest absolute Gasteiger partial charge is 0.129 e. The number of benzene rings is 2. The number of hydrogen-bond acceptors (Lipinski definition) is 3. The third kappa shape index (κ3) is 4.30. The molecule has 0 aliphatic heterocycles. The molecule has 0 spiro atoms. The van der Waals surface area contributed by atoms with Gasteiger partial charge >= 0.3 is 0 Å². The van der Waals surface area contributed by atoms with E-state index < -0.39 is 0 Å². The van der Waals surface area contributed by atoms with E-state index in [9.17, 15) is 0 Å². The Morgan fingerprint density at radius 1 is 1.05 bits per heavy atom. The number of hydrogen-bond donors (Lipinski definition) is 2. The molecule has 2 aromatic rings. The average molecular weight is 257 g/mol. The van der Waals surface area contributed by atoms with Crippen LogP contribution in [-0.4, -0.2) is 18.3 Å². The fraction of sp³-hybridized carbons (Fsp3) is 0.250. The maximum atomic E-state index is 9.00. The Kier molecular flexibility index (Phi) is 4.81. The van der Waals surface area contributed by atoms with Gasteiger partial charge in [0.15, 0.2) is 0 Å². The van der Waals surface area contributed by atoms with Crippen LogP contribution in [0.4, 0.5) is 5.69 Å². The molecule has 0 aromatic heterocycles. The number of para-hydroxylation sites is 1. The van der Waals surface area contributed by atoms with E-state index in [4.69, 9.17) is 9.84 Å². The number of aliphatic hydroxyl groups is 1. The average Bonchev–Trinajstić information content (AvgIpc) is 2.46. The normalized spacial score (nSPS) is 11.9. The van der Waals surface area contributed by atoms with Gasteiger partial charge in [0.05, 0.1) is 0 Å². The van der Waals surface area contributed by atoms with Crippen molar-refractivity contribution < 1.29 is 9.84 Å². The molecule has 0 aliphatic carbocycles. The topological polar surface area (TPSA) is 41.5 Å². The van der Waals surface area contributed by atoms with Gasteiger partial charge in [-0.25, -0.2) is 0 Å². The molecule has 0 amide bonds. The molecular formula is C16H19NO2. The molecule has 2 N–H and O–H groups in total. The second-order valence-corrected chi connectivity index (χ2v) is 4.61. The largest absolute Gasteiger partial charge is 0.457 e. The molecule has 3 heteroatoms. The van der Waals surface area contributed by atoms with Crippen molar-refractivity contribution in [1.82, 2.24) is 0 Å². The number of ether oxygens (including phenoxy) is 1. The van der Waals surface area contributed by atoms with Crippen LogP contribution in [0.5, 0.6) is 11.5 Å². The zero-order valence-corrected chi connectivity index (χ0v) is 11.0. The summed E-state index contributed by atoms with van der Waals surface area (Å²) in [7, 11) is 0. The maximum Gasteiger partial charge on any atom is 0.129 e. The first-order valence-corrected chi connectivity index (χ1v) is 6.45. The Morgan fingerprint density at radius 3 is 2.53 bits per heavy atom. The molecule has 3 nitrogen and oxygen atoms in total. The highest BCUT2D eigenvalue weighted by atomic mass is 16.5. The molecule has 2 aromatic carbocycles. The van der Waals surface area contributed by atoms with E-state index in [0.717, 1.165) is 23.7 Å². The van der Waals surface area contributed by atoms with Crippen LogP contribution in [0.15, 0.2) is 54.6 Å². The Labute approximate surface area is 113 Å². The molecule has 1 atom stereocenters. The monoisotopic (exact) mass is 257 g/mol. The van der Waals surface area contributed by atoms with Crippen LogP contribution in [-0.2, 0) is 0 Å². The fourth-order valence-electron chi connectivity index (χ4n) is 1.65. The van der Waals surface area contributed by atoms with E-state index in [1.807, 2.05) is 61.5 Å². The van der Waals surface area contributed by atoms with Crippen LogP contribution in [0, 0.1) is 5.92 Å². The highest BCUT2D eigenvalue weighted by Gasteiger charge is 2.01. The SMILES string of the molecule is CC(CO)CNc1cccc(Oc2ccccc2)c1. The van der Waals surface area contributed by atoms with Gasteiger partial charge in [0.25, 0.3) is 0 Å². The molecule has 0 bridgehead atoms. The summed E-state index contributed by atoms with van der Waals surface area (Å²) in [5.41, 5.74) is 0.994. The van der Waals surface area contributed by atoms with Crippen molar-refractivity contribution in [2.24, 2.45) is 5.92 Å². The van der Waals surface area contributed by atoms with Crippen molar-refractivity contribution in [3.63, 3.8) is 0 Å². The molecule has 1 unspecified atom stereocenters. The van der Waals surface area contributed by atoms with Crippen LogP contribution in [0.2, 0.25) is 0 Å². The van der Waals surface area contributed by atoms with Gasteiger partial charge in [-0.05, 0) is 30.2 Å². The van der Waals surface area contributed by atoms with Crippen molar-refractivity contribution in [2.75, 3.05) is 18.5 Å². The first-order chi connectivity index (χ1) is 9.28. The summed E-state index contributed by atoms with van der Waals surface area (Å²) >= 11 is 0. The summed E-state index contributed by atoms with van der Waals surface area (Å²) in [6.45, 7) is 2.93.